The number of carbonyl (C=O) groups excluding carboxylic acids is 1. The Bertz CT molecular complexity index is 1330. The van der Waals surface area contributed by atoms with Crippen molar-refractivity contribution in [3.8, 4) is 29.1 Å². The van der Waals surface area contributed by atoms with E-state index in [-0.39, 0.29) is 17.9 Å². The van der Waals surface area contributed by atoms with Crippen molar-refractivity contribution in [3.63, 3.8) is 0 Å². The lowest BCUT2D eigenvalue weighted by molar-refractivity contribution is -0.133. The quantitative estimate of drug-likeness (QED) is 0.362. The Labute approximate surface area is 208 Å². The third-order valence-corrected chi connectivity index (χ3v) is 5.76. The summed E-state index contributed by atoms with van der Waals surface area (Å²) in [5.41, 5.74) is 8.65. The van der Waals surface area contributed by atoms with Crippen molar-refractivity contribution in [2.24, 2.45) is 5.73 Å². The van der Waals surface area contributed by atoms with Gasteiger partial charge in [-0.1, -0.05) is 35.9 Å². The molecule has 3 aromatic rings. The van der Waals surface area contributed by atoms with Crippen LogP contribution in [0.4, 0.5) is 0 Å². The molecule has 35 heavy (non-hydrogen) atoms. The lowest BCUT2D eigenvalue weighted by Crippen LogP contribution is -2.21. The third-order valence-electron chi connectivity index (χ3n) is 5.50. The molecule has 1 unspecified atom stereocenters. The monoisotopic (exact) mass is 490 g/mol. The average Bonchev–Trinajstić information content (AvgIpc) is 2.85. The van der Waals surface area contributed by atoms with E-state index in [0.29, 0.717) is 40.2 Å². The number of nitrogens with two attached hydrogens (primary N) is 1. The molecule has 178 valence electrons. The highest BCUT2D eigenvalue weighted by molar-refractivity contribution is 6.30. The predicted octanol–water partition coefficient (Wildman–Crippen LogP) is 5.11. The van der Waals surface area contributed by atoms with Crippen molar-refractivity contribution in [3.05, 3.63) is 93.8 Å². The number of methoxy groups -OCH3 is 1. The van der Waals surface area contributed by atoms with Gasteiger partial charge in [-0.15, -0.1) is 0 Å². The Morgan fingerprint density at radius 1 is 1.11 bits per heavy atom. The number of hydrogen-bond acceptors (Lipinski definition) is 7. The van der Waals surface area contributed by atoms with Gasteiger partial charge in [-0.3, -0.25) is 4.79 Å². The van der Waals surface area contributed by atoms with Gasteiger partial charge in [0.05, 0.1) is 26.1 Å². The zero-order chi connectivity index (χ0) is 24.9. The van der Waals surface area contributed by atoms with Crippen molar-refractivity contribution in [2.75, 3.05) is 13.7 Å². The molecule has 2 N–H and O–H groups in total. The van der Waals surface area contributed by atoms with E-state index in [1.807, 2.05) is 19.1 Å². The predicted molar refractivity (Wildman–Crippen MR) is 131 cm³/mol. The Morgan fingerprint density at radius 2 is 1.89 bits per heavy atom. The summed E-state index contributed by atoms with van der Waals surface area (Å²) in [6.07, 6.45) is 0.0876. The molecule has 8 heteroatoms. The second-order valence-corrected chi connectivity index (χ2v) is 8.18. The van der Waals surface area contributed by atoms with E-state index >= 15 is 0 Å². The minimum atomic E-state index is -0.493. The molecule has 0 spiro atoms. The molecule has 4 rings (SSSR count). The van der Waals surface area contributed by atoms with Crippen LogP contribution in [0, 0.1) is 11.3 Å². The number of nitrogens with zero attached hydrogens (tertiary/aromatic N) is 1. The van der Waals surface area contributed by atoms with Gasteiger partial charge >= 0.3 is 5.97 Å². The summed E-state index contributed by atoms with van der Waals surface area (Å²) in [5, 5.41) is 10.4. The number of nitriles is 1. The van der Waals surface area contributed by atoms with E-state index in [1.165, 1.54) is 0 Å². The van der Waals surface area contributed by atoms with Crippen LogP contribution in [0.1, 0.15) is 29.5 Å². The normalized spacial score (nSPS) is 14.4. The average molecular weight is 491 g/mol. The standard InChI is InChI=1S/C27H23ClN2O5/c1-3-33-22-11-6-17(13-24(22)32-2)26-20-10-9-19(14-23(20)35-27(30)21(26)15-29)34-25(31)12-16-4-7-18(28)8-5-16/h4-11,13-14,26H,3,12,30H2,1-2H3. The maximum absolute atomic E-state index is 12.4. The van der Waals surface area contributed by atoms with Gasteiger partial charge in [-0.05, 0) is 48.4 Å². The number of carbonyl (C=O) groups is 1. The van der Waals surface area contributed by atoms with Crippen LogP contribution in [-0.4, -0.2) is 19.7 Å². The molecule has 0 radical (unpaired) electrons. The number of fused-ring (bicyclic) bond motifs is 1. The molecular formula is C27H23ClN2O5. The van der Waals surface area contributed by atoms with Crippen molar-refractivity contribution >= 4 is 17.6 Å². The summed E-state index contributed by atoms with van der Waals surface area (Å²) < 4.78 is 22.3. The van der Waals surface area contributed by atoms with E-state index in [0.717, 1.165) is 11.1 Å². The topological polar surface area (TPSA) is 104 Å². The van der Waals surface area contributed by atoms with Crippen LogP contribution in [0.2, 0.25) is 5.02 Å². The summed E-state index contributed by atoms with van der Waals surface area (Å²) in [6, 6.07) is 19.6. The van der Waals surface area contributed by atoms with Crippen LogP contribution in [0.3, 0.4) is 0 Å². The molecule has 0 aliphatic carbocycles. The highest BCUT2D eigenvalue weighted by atomic mass is 35.5. The first-order chi connectivity index (χ1) is 16.9. The van der Waals surface area contributed by atoms with E-state index in [9.17, 15) is 10.1 Å². The van der Waals surface area contributed by atoms with Crippen molar-refractivity contribution in [1.29, 1.82) is 5.26 Å². The molecule has 1 aliphatic heterocycles. The smallest absolute Gasteiger partial charge is 0.315 e. The Balaban J connectivity index is 1.63. The molecule has 1 aliphatic rings. The number of hydrogen-bond donors (Lipinski definition) is 1. The van der Waals surface area contributed by atoms with Gasteiger partial charge in [-0.2, -0.15) is 5.26 Å². The first-order valence-corrected chi connectivity index (χ1v) is 11.3. The van der Waals surface area contributed by atoms with Gasteiger partial charge < -0.3 is 24.7 Å². The lowest BCUT2D eigenvalue weighted by Gasteiger charge is -2.27. The van der Waals surface area contributed by atoms with Gasteiger partial charge in [0.15, 0.2) is 11.5 Å². The molecule has 1 heterocycles. The van der Waals surface area contributed by atoms with Crippen LogP contribution in [0.5, 0.6) is 23.0 Å². The fraction of sp³-hybridized carbons (Fsp3) is 0.185. The van der Waals surface area contributed by atoms with Gasteiger partial charge in [0.25, 0.3) is 0 Å². The van der Waals surface area contributed by atoms with Crippen LogP contribution in [0.25, 0.3) is 0 Å². The van der Waals surface area contributed by atoms with Crippen LogP contribution in [-0.2, 0) is 11.2 Å². The minimum Gasteiger partial charge on any atom is -0.493 e. The van der Waals surface area contributed by atoms with Crippen molar-refractivity contribution in [2.45, 2.75) is 19.3 Å². The first-order valence-electron chi connectivity index (χ1n) is 10.9. The summed E-state index contributed by atoms with van der Waals surface area (Å²) in [5.74, 6) is 0.910. The van der Waals surface area contributed by atoms with Crippen LogP contribution >= 0.6 is 11.6 Å². The van der Waals surface area contributed by atoms with Crippen molar-refractivity contribution in [1.82, 2.24) is 0 Å². The van der Waals surface area contributed by atoms with Gasteiger partial charge in [0.1, 0.15) is 23.1 Å². The molecule has 0 amide bonds. The summed E-state index contributed by atoms with van der Waals surface area (Å²) in [7, 11) is 1.56. The zero-order valence-electron chi connectivity index (χ0n) is 19.2. The summed E-state index contributed by atoms with van der Waals surface area (Å²) in [4.78, 5) is 12.4. The van der Waals surface area contributed by atoms with Crippen molar-refractivity contribution < 1.29 is 23.7 Å². The fourth-order valence-corrected chi connectivity index (χ4v) is 4.04. The molecule has 0 bridgehead atoms. The second-order valence-electron chi connectivity index (χ2n) is 7.75. The summed E-state index contributed by atoms with van der Waals surface area (Å²) >= 11 is 5.90. The molecule has 0 aromatic heterocycles. The van der Waals surface area contributed by atoms with E-state index in [1.54, 1.807) is 55.6 Å². The maximum atomic E-state index is 12.4. The first kappa shape index (κ1) is 24.0. The number of rotatable bonds is 7. The molecule has 3 aromatic carbocycles. The lowest BCUT2D eigenvalue weighted by atomic mass is 9.83. The number of ether oxygens (including phenoxy) is 4. The van der Waals surface area contributed by atoms with E-state index in [2.05, 4.69) is 6.07 Å². The molecule has 0 fully saturated rings. The fourth-order valence-electron chi connectivity index (χ4n) is 3.92. The van der Waals surface area contributed by atoms with Gasteiger partial charge in [0.2, 0.25) is 5.88 Å². The zero-order valence-corrected chi connectivity index (χ0v) is 20.0. The van der Waals surface area contributed by atoms with E-state index in [4.69, 9.17) is 36.3 Å². The largest absolute Gasteiger partial charge is 0.493 e. The summed E-state index contributed by atoms with van der Waals surface area (Å²) in [6.45, 7) is 2.38. The highest BCUT2D eigenvalue weighted by Gasteiger charge is 2.31. The third kappa shape index (κ3) is 5.18. The molecule has 1 atom stereocenters. The number of allylic oxidation sites excluding steroid dienone is 1. The Hall–Kier alpha value is -4.15. The van der Waals surface area contributed by atoms with Gasteiger partial charge in [-0.25, -0.2) is 0 Å². The molecular weight excluding hydrogens is 468 g/mol. The number of esters is 1. The Kier molecular flexibility index (Phi) is 7.14. The second kappa shape index (κ2) is 10.4. The molecule has 0 saturated carbocycles. The van der Waals surface area contributed by atoms with Crippen LogP contribution in [0.15, 0.2) is 72.1 Å². The molecule has 7 nitrogen and oxygen atoms in total. The molecule has 0 saturated heterocycles. The van der Waals surface area contributed by atoms with E-state index < -0.39 is 11.9 Å². The van der Waals surface area contributed by atoms with Crippen LogP contribution < -0.4 is 24.7 Å². The SMILES string of the molecule is CCOc1ccc(C2C(C#N)=C(N)Oc3cc(OC(=O)Cc4ccc(Cl)cc4)ccc32)cc1OC. The number of benzene rings is 3. The number of halogens is 1. The maximum Gasteiger partial charge on any atom is 0.315 e. The highest BCUT2D eigenvalue weighted by Crippen LogP contribution is 2.45. The van der Waals surface area contributed by atoms with Gasteiger partial charge in [0, 0.05) is 16.7 Å². The Morgan fingerprint density at radius 3 is 2.57 bits per heavy atom. The minimum absolute atomic E-state index is 0.0116.